The van der Waals surface area contributed by atoms with Crippen LogP contribution in [0.15, 0.2) is 71.8 Å². The average Bonchev–Trinajstić information content (AvgIpc) is 3.41. The Morgan fingerprint density at radius 1 is 0.944 bits per heavy atom. The highest BCUT2D eigenvalue weighted by Crippen LogP contribution is 2.32. The molecule has 0 aliphatic heterocycles. The number of aryl methyl sites for hydroxylation is 1. The zero-order valence-corrected chi connectivity index (χ0v) is 20.9. The van der Waals surface area contributed by atoms with Gasteiger partial charge in [0.05, 0.1) is 19.4 Å². The molecule has 0 aromatic heterocycles. The fraction of sp³-hybridized carbons (Fsp3) is 0.276. The number of hydrogen-bond acceptors (Lipinski definition) is 5. The Balaban J connectivity index is 1.38. The summed E-state index contributed by atoms with van der Waals surface area (Å²) in [6, 6.07) is 19.7. The Morgan fingerprint density at radius 2 is 1.61 bits per heavy atom. The summed E-state index contributed by atoms with van der Waals surface area (Å²) in [6.45, 7) is 1.97. The molecule has 0 bridgehead atoms. The van der Waals surface area contributed by atoms with Crippen molar-refractivity contribution in [1.82, 2.24) is 5.01 Å². The zero-order valence-electron chi connectivity index (χ0n) is 20.9. The maximum atomic E-state index is 12.8. The summed E-state index contributed by atoms with van der Waals surface area (Å²) in [7, 11) is 3.22. The third kappa shape index (κ3) is 6.30. The van der Waals surface area contributed by atoms with Gasteiger partial charge in [0.15, 0.2) is 11.5 Å². The highest BCUT2D eigenvalue weighted by Gasteiger charge is 2.18. The van der Waals surface area contributed by atoms with E-state index in [1.165, 1.54) is 17.9 Å². The van der Waals surface area contributed by atoms with Gasteiger partial charge in [-0.15, -0.1) is 0 Å². The molecule has 1 aliphatic carbocycles. The van der Waals surface area contributed by atoms with Gasteiger partial charge in [0.1, 0.15) is 0 Å². The molecule has 0 saturated heterocycles. The number of hydrazone groups is 1. The van der Waals surface area contributed by atoms with E-state index in [0.29, 0.717) is 28.3 Å². The average molecular weight is 486 g/mol. The smallest absolute Gasteiger partial charge is 0.273 e. The van der Waals surface area contributed by atoms with Crippen LogP contribution in [0.5, 0.6) is 11.5 Å². The van der Waals surface area contributed by atoms with Crippen LogP contribution in [-0.4, -0.2) is 43.3 Å². The van der Waals surface area contributed by atoms with Crippen LogP contribution < -0.4 is 14.8 Å². The second kappa shape index (κ2) is 11.5. The number of anilines is 1. The number of benzene rings is 3. The summed E-state index contributed by atoms with van der Waals surface area (Å²) in [5, 5.41) is 8.43. The highest BCUT2D eigenvalue weighted by molar-refractivity contribution is 6.04. The molecule has 3 aromatic rings. The van der Waals surface area contributed by atoms with Crippen LogP contribution in [0.25, 0.3) is 0 Å². The molecule has 1 aliphatic rings. The maximum absolute atomic E-state index is 12.8. The third-order valence-corrected chi connectivity index (χ3v) is 6.16. The number of carbonyl (C=O) groups excluding carboxylic acids is 2. The Morgan fingerprint density at radius 3 is 2.28 bits per heavy atom. The van der Waals surface area contributed by atoms with Crippen molar-refractivity contribution in [3.8, 4) is 11.5 Å². The van der Waals surface area contributed by atoms with E-state index < -0.39 is 0 Å². The van der Waals surface area contributed by atoms with Crippen LogP contribution in [0.3, 0.4) is 0 Å². The molecular weight excluding hydrogens is 454 g/mol. The molecular formula is C29H31N3O4. The Hall–Kier alpha value is -4.13. The summed E-state index contributed by atoms with van der Waals surface area (Å²) in [6.07, 6.45) is 6.29. The summed E-state index contributed by atoms with van der Waals surface area (Å²) < 4.78 is 11.6. The fourth-order valence-corrected chi connectivity index (χ4v) is 4.05. The number of rotatable bonds is 8. The van der Waals surface area contributed by atoms with Crippen molar-refractivity contribution < 1.29 is 19.1 Å². The van der Waals surface area contributed by atoms with Crippen molar-refractivity contribution in [2.45, 2.75) is 38.7 Å². The lowest BCUT2D eigenvalue weighted by atomic mass is 10.1. The normalized spacial score (nSPS) is 13.5. The molecule has 3 aromatic carbocycles. The molecule has 7 heteroatoms. The number of hydrogen-bond donors (Lipinski definition) is 1. The molecule has 1 saturated carbocycles. The van der Waals surface area contributed by atoms with Gasteiger partial charge in [0.2, 0.25) is 0 Å². The van der Waals surface area contributed by atoms with E-state index in [0.717, 1.165) is 24.0 Å². The van der Waals surface area contributed by atoms with Crippen molar-refractivity contribution in [2.75, 3.05) is 19.5 Å². The number of carbonyl (C=O) groups is 2. The van der Waals surface area contributed by atoms with Crippen LogP contribution in [-0.2, 0) is 0 Å². The van der Waals surface area contributed by atoms with E-state index >= 15 is 0 Å². The maximum Gasteiger partial charge on any atom is 0.273 e. The number of nitrogens with one attached hydrogen (secondary N) is 1. The second-order valence-corrected chi connectivity index (χ2v) is 8.91. The van der Waals surface area contributed by atoms with Crippen LogP contribution >= 0.6 is 0 Å². The highest BCUT2D eigenvalue weighted by atomic mass is 16.5. The molecule has 0 radical (unpaired) electrons. The van der Waals surface area contributed by atoms with E-state index in [4.69, 9.17) is 9.47 Å². The topological polar surface area (TPSA) is 80.2 Å². The minimum absolute atomic E-state index is 0.202. The molecule has 2 amide bonds. The minimum atomic E-state index is -0.265. The van der Waals surface area contributed by atoms with Crippen molar-refractivity contribution in [3.05, 3.63) is 89.0 Å². The van der Waals surface area contributed by atoms with Gasteiger partial charge >= 0.3 is 0 Å². The lowest BCUT2D eigenvalue weighted by molar-refractivity contribution is 0.0800. The molecule has 36 heavy (non-hydrogen) atoms. The third-order valence-electron chi connectivity index (χ3n) is 6.16. The van der Waals surface area contributed by atoms with Crippen molar-refractivity contribution >= 4 is 23.7 Å². The number of amides is 2. The van der Waals surface area contributed by atoms with Gasteiger partial charge in [-0.3, -0.25) is 9.59 Å². The van der Waals surface area contributed by atoms with E-state index in [9.17, 15) is 9.59 Å². The van der Waals surface area contributed by atoms with Gasteiger partial charge < -0.3 is 14.8 Å². The molecule has 0 heterocycles. The van der Waals surface area contributed by atoms with Crippen LogP contribution in [0.4, 0.5) is 5.69 Å². The quantitative estimate of drug-likeness (QED) is 0.329. The SMILES string of the molecule is COc1ccc(C=NN(C)C(=O)c2ccc(NC(=O)c3ccc(C)cc3)cc2)cc1OC1CCCC1. The van der Waals surface area contributed by atoms with Crippen LogP contribution in [0.1, 0.15) is 57.5 Å². The van der Waals surface area contributed by atoms with Gasteiger partial charge in [0, 0.05) is 23.9 Å². The predicted molar refractivity (Wildman–Crippen MR) is 141 cm³/mol. The van der Waals surface area contributed by atoms with Crippen LogP contribution in [0.2, 0.25) is 0 Å². The van der Waals surface area contributed by atoms with Gasteiger partial charge in [-0.05, 0) is 92.8 Å². The second-order valence-electron chi connectivity index (χ2n) is 8.91. The molecule has 0 atom stereocenters. The first-order valence-electron chi connectivity index (χ1n) is 12.1. The molecule has 7 nitrogen and oxygen atoms in total. The number of nitrogens with zero attached hydrogens (tertiary/aromatic N) is 2. The van der Waals surface area contributed by atoms with Gasteiger partial charge in [-0.2, -0.15) is 5.10 Å². The Kier molecular flexibility index (Phi) is 8.00. The fourth-order valence-electron chi connectivity index (χ4n) is 4.05. The summed E-state index contributed by atoms with van der Waals surface area (Å²) in [5.74, 6) is 0.897. The first kappa shape index (κ1) is 25.0. The standard InChI is InChI=1S/C29H31N3O4/c1-20-8-11-22(12-9-20)28(33)31-24-15-13-23(14-16-24)29(34)32(2)30-19-21-10-17-26(35-3)27(18-21)36-25-6-4-5-7-25/h8-19,25H,4-7H2,1-3H3,(H,31,33). The summed E-state index contributed by atoms with van der Waals surface area (Å²) in [4.78, 5) is 25.2. The van der Waals surface area contributed by atoms with Crippen LogP contribution in [0, 0.1) is 6.92 Å². The Bertz CT molecular complexity index is 1230. The number of ether oxygens (including phenoxy) is 2. The molecule has 4 rings (SSSR count). The predicted octanol–water partition coefficient (Wildman–Crippen LogP) is 5.68. The van der Waals surface area contributed by atoms with E-state index in [2.05, 4.69) is 10.4 Å². The summed E-state index contributed by atoms with van der Waals surface area (Å²) in [5.41, 5.74) is 3.54. The Labute approximate surface area is 211 Å². The van der Waals surface area contributed by atoms with E-state index in [-0.39, 0.29) is 17.9 Å². The van der Waals surface area contributed by atoms with Crippen molar-refractivity contribution in [2.24, 2.45) is 5.10 Å². The molecule has 1 fully saturated rings. The minimum Gasteiger partial charge on any atom is -0.493 e. The lowest BCUT2D eigenvalue weighted by Crippen LogP contribution is -2.21. The first-order chi connectivity index (χ1) is 17.4. The van der Waals surface area contributed by atoms with Gasteiger partial charge in [-0.25, -0.2) is 5.01 Å². The molecule has 0 unspecified atom stereocenters. The summed E-state index contributed by atoms with van der Waals surface area (Å²) >= 11 is 0. The molecule has 1 N–H and O–H groups in total. The van der Waals surface area contributed by atoms with E-state index in [1.54, 1.807) is 56.8 Å². The molecule has 186 valence electrons. The number of methoxy groups -OCH3 is 1. The van der Waals surface area contributed by atoms with Crippen molar-refractivity contribution in [1.29, 1.82) is 0 Å². The molecule has 0 spiro atoms. The monoisotopic (exact) mass is 485 g/mol. The lowest BCUT2D eigenvalue weighted by Gasteiger charge is -2.16. The first-order valence-corrected chi connectivity index (χ1v) is 12.1. The van der Waals surface area contributed by atoms with E-state index in [1.807, 2.05) is 37.3 Å². The zero-order chi connectivity index (χ0) is 25.5. The van der Waals surface area contributed by atoms with Gasteiger partial charge in [-0.1, -0.05) is 17.7 Å². The largest absolute Gasteiger partial charge is 0.493 e. The van der Waals surface area contributed by atoms with Crippen molar-refractivity contribution in [3.63, 3.8) is 0 Å². The van der Waals surface area contributed by atoms with Gasteiger partial charge in [0.25, 0.3) is 11.8 Å².